The second kappa shape index (κ2) is 7.74. The Kier molecular flexibility index (Phi) is 5.43. The Morgan fingerprint density at radius 1 is 1.28 bits per heavy atom. The normalized spacial score (nSPS) is 15.2. The molecule has 134 valence electrons. The number of aromatic nitrogens is 1. The molecule has 1 aromatic heterocycles. The molecule has 2 aromatic rings. The predicted molar refractivity (Wildman–Crippen MR) is 96.3 cm³/mol. The number of rotatable bonds is 5. The minimum Gasteiger partial charge on any atom is -0.496 e. The van der Waals surface area contributed by atoms with Crippen molar-refractivity contribution in [3.8, 4) is 16.9 Å². The van der Waals surface area contributed by atoms with Crippen LogP contribution in [0, 0.1) is 6.92 Å². The molecule has 1 aliphatic rings. The summed E-state index contributed by atoms with van der Waals surface area (Å²) >= 11 is 0. The van der Waals surface area contributed by atoms with Crippen LogP contribution in [0.5, 0.6) is 5.75 Å². The Labute approximate surface area is 148 Å². The first-order valence-electron chi connectivity index (χ1n) is 8.77. The van der Waals surface area contributed by atoms with E-state index in [1.54, 1.807) is 7.11 Å². The summed E-state index contributed by atoms with van der Waals surface area (Å²) in [6, 6.07) is 6.00. The van der Waals surface area contributed by atoms with Crippen molar-refractivity contribution in [3.05, 3.63) is 41.2 Å². The first-order valence-corrected chi connectivity index (χ1v) is 8.77. The van der Waals surface area contributed by atoms with Gasteiger partial charge < -0.3 is 19.2 Å². The maximum atomic E-state index is 12.5. The quantitative estimate of drug-likeness (QED) is 0.832. The number of carbonyl (C=O) groups is 1. The van der Waals surface area contributed by atoms with E-state index < -0.39 is 0 Å². The van der Waals surface area contributed by atoms with E-state index in [1.165, 1.54) is 0 Å². The number of esters is 1. The van der Waals surface area contributed by atoms with Crippen molar-refractivity contribution in [2.24, 2.45) is 0 Å². The molecule has 1 N–H and O–H groups in total. The smallest absolute Gasteiger partial charge is 0.355 e. The van der Waals surface area contributed by atoms with Gasteiger partial charge in [-0.1, -0.05) is 12.1 Å². The molecule has 0 aliphatic carbocycles. The summed E-state index contributed by atoms with van der Waals surface area (Å²) in [4.78, 5) is 15.6. The Hall–Kier alpha value is -2.27. The number of hydrogen-bond acceptors (Lipinski definition) is 4. The molecule has 2 heterocycles. The number of hydrogen-bond donors (Lipinski definition) is 1. The molecule has 1 fully saturated rings. The SMILES string of the molecule is CCOC(=O)c1[nH]cc(-c2cccc(OC)c2C)c1C1CCOCC1. The lowest BCUT2D eigenvalue weighted by Crippen LogP contribution is -2.17. The van der Waals surface area contributed by atoms with Crippen molar-refractivity contribution in [2.75, 3.05) is 26.9 Å². The van der Waals surface area contributed by atoms with Gasteiger partial charge in [-0.25, -0.2) is 4.79 Å². The third-order valence-electron chi connectivity index (χ3n) is 4.82. The van der Waals surface area contributed by atoms with E-state index in [2.05, 4.69) is 11.1 Å². The molecule has 0 amide bonds. The molecule has 1 aromatic carbocycles. The lowest BCUT2D eigenvalue weighted by Gasteiger charge is -2.24. The number of methoxy groups -OCH3 is 1. The van der Waals surface area contributed by atoms with Crippen LogP contribution in [0.25, 0.3) is 11.1 Å². The lowest BCUT2D eigenvalue weighted by atomic mass is 9.86. The Morgan fingerprint density at radius 2 is 2.04 bits per heavy atom. The molecular weight excluding hydrogens is 318 g/mol. The highest BCUT2D eigenvalue weighted by Gasteiger charge is 2.28. The fraction of sp³-hybridized carbons (Fsp3) is 0.450. The van der Waals surface area contributed by atoms with Crippen LogP contribution in [0.15, 0.2) is 24.4 Å². The zero-order valence-corrected chi connectivity index (χ0v) is 15.1. The molecule has 0 atom stereocenters. The van der Waals surface area contributed by atoms with Gasteiger partial charge in [0.1, 0.15) is 11.4 Å². The van der Waals surface area contributed by atoms with Gasteiger partial charge in [0.05, 0.1) is 13.7 Å². The fourth-order valence-corrected chi connectivity index (χ4v) is 3.57. The zero-order chi connectivity index (χ0) is 17.8. The summed E-state index contributed by atoms with van der Waals surface area (Å²) < 4.78 is 16.2. The van der Waals surface area contributed by atoms with Crippen LogP contribution >= 0.6 is 0 Å². The standard InChI is InChI=1S/C20H25NO4/c1-4-25-20(22)19-18(14-8-10-24-11-9-14)16(12-21-19)15-6-5-7-17(23-3)13(15)2/h5-7,12,14,21H,4,8-11H2,1-3H3. The number of nitrogens with one attached hydrogen (secondary N) is 1. The molecular formula is C20H25NO4. The molecule has 0 spiro atoms. The van der Waals surface area contributed by atoms with E-state index in [-0.39, 0.29) is 11.9 Å². The van der Waals surface area contributed by atoms with Gasteiger partial charge in [-0.3, -0.25) is 0 Å². The van der Waals surface area contributed by atoms with Crippen LogP contribution in [-0.2, 0) is 9.47 Å². The largest absolute Gasteiger partial charge is 0.496 e. The van der Waals surface area contributed by atoms with Crippen LogP contribution in [0.1, 0.15) is 47.3 Å². The lowest BCUT2D eigenvalue weighted by molar-refractivity contribution is 0.0513. The molecule has 0 radical (unpaired) electrons. The summed E-state index contributed by atoms with van der Waals surface area (Å²) in [7, 11) is 1.67. The topological polar surface area (TPSA) is 60.6 Å². The van der Waals surface area contributed by atoms with Crippen molar-refractivity contribution in [1.82, 2.24) is 4.98 Å². The highest BCUT2D eigenvalue weighted by atomic mass is 16.5. The molecule has 1 aliphatic heterocycles. The summed E-state index contributed by atoms with van der Waals surface area (Å²) in [5, 5.41) is 0. The average Bonchev–Trinajstić information content (AvgIpc) is 3.08. The van der Waals surface area contributed by atoms with Crippen molar-refractivity contribution in [1.29, 1.82) is 0 Å². The predicted octanol–water partition coefficient (Wildman–Crippen LogP) is 4.07. The number of benzene rings is 1. The maximum absolute atomic E-state index is 12.5. The van der Waals surface area contributed by atoms with E-state index in [1.807, 2.05) is 32.2 Å². The van der Waals surface area contributed by atoms with Crippen LogP contribution in [-0.4, -0.2) is 37.9 Å². The van der Waals surface area contributed by atoms with Crippen molar-refractivity contribution in [3.63, 3.8) is 0 Å². The Bertz CT molecular complexity index is 744. The molecule has 3 rings (SSSR count). The van der Waals surface area contributed by atoms with Gasteiger partial charge in [-0.15, -0.1) is 0 Å². The average molecular weight is 343 g/mol. The number of aromatic amines is 1. The van der Waals surface area contributed by atoms with Crippen molar-refractivity contribution >= 4 is 5.97 Å². The van der Waals surface area contributed by atoms with E-state index in [0.29, 0.717) is 25.5 Å². The van der Waals surface area contributed by atoms with E-state index in [0.717, 1.165) is 40.8 Å². The number of H-pyrrole nitrogens is 1. The molecule has 0 unspecified atom stereocenters. The highest BCUT2D eigenvalue weighted by molar-refractivity contribution is 5.93. The minimum absolute atomic E-state index is 0.278. The van der Waals surface area contributed by atoms with E-state index in [9.17, 15) is 4.79 Å². The molecule has 5 nitrogen and oxygen atoms in total. The van der Waals surface area contributed by atoms with Crippen LogP contribution in [0.3, 0.4) is 0 Å². The van der Waals surface area contributed by atoms with E-state index >= 15 is 0 Å². The van der Waals surface area contributed by atoms with Gasteiger partial charge in [0, 0.05) is 25.0 Å². The molecule has 5 heteroatoms. The first-order chi connectivity index (χ1) is 12.2. The third-order valence-corrected chi connectivity index (χ3v) is 4.82. The Morgan fingerprint density at radius 3 is 2.72 bits per heavy atom. The molecule has 1 saturated heterocycles. The van der Waals surface area contributed by atoms with Crippen molar-refractivity contribution < 1.29 is 19.0 Å². The van der Waals surface area contributed by atoms with Crippen LogP contribution in [0.4, 0.5) is 0 Å². The molecule has 0 bridgehead atoms. The van der Waals surface area contributed by atoms with Gasteiger partial charge >= 0.3 is 5.97 Å². The first kappa shape index (κ1) is 17.5. The van der Waals surface area contributed by atoms with Gasteiger partial charge in [-0.05, 0) is 55.4 Å². The maximum Gasteiger partial charge on any atom is 0.355 e. The van der Waals surface area contributed by atoms with Crippen LogP contribution < -0.4 is 4.74 Å². The van der Waals surface area contributed by atoms with Gasteiger partial charge in [-0.2, -0.15) is 0 Å². The summed E-state index contributed by atoms with van der Waals surface area (Å²) in [5.41, 5.74) is 4.79. The van der Waals surface area contributed by atoms with Gasteiger partial charge in [0.25, 0.3) is 0 Å². The third kappa shape index (κ3) is 3.42. The van der Waals surface area contributed by atoms with E-state index in [4.69, 9.17) is 14.2 Å². The summed E-state index contributed by atoms with van der Waals surface area (Å²) in [5.74, 6) is 0.824. The molecule has 0 saturated carbocycles. The Balaban J connectivity index is 2.12. The highest BCUT2D eigenvalue weighted by Crippen LogP contribution is 2.40. The van der Waals surface area contributed by atoms with Crippen LogP contribution in [0.2, 0.25) is 0 Å². The van der Waals surface area contributed by atoms with Gasteiger partial charge in [0.2, 0.25) is 0 Å². The zero-order valence-electron chi connectivity index (χ0n) is 15.1. The second-order valence-corrected chi connectivity index (χ2v) is 6.23. The molecule has 25 heavy (non-hydrogen) atoms. The minimum atomic E-state index is -0.296. The van der Waals surface area contributed by atoms with Gasteiger partial charge in [0.15, 0.2) is 0 Å². The summed E-state index contributed by atoms with van der Waals surface area (Å²) in [6.07, 6.45) is 3.72. The van der Waals surface area contributed by atoms with Crippen molar-refractivity contribution in [2.45, 2.75) is 32.6 Å². The fourth-order valence-electron chi connectivity index (χ4n) is 3.57. The number of carbonyl (C=O) groups excluding carboxylic acids is 1. The monoisotopic (exact) mass is 343 g/mol. The second-order valence-electron chi connectivity index (χ2n) is 6.23. The summed E-state index contributed by atoms with van der Waals surface area (Å²) in [6.45, 7) is 5.66. The number of ether oxygens (including phenoxy) is 3.